The molecule has 0 aliphatic carbocycles. The van der Waals surface area contributed by atoms with E-state index in [2.05, 4.69) is 219 Å². The lowest BCUT2D eigenvalue weighted by Crippen LogP contribution is -2.13. The smallest absolute Gasteiger partial charge is 0.0543 e. The van der Waals surface area contributed by atoms with Crippen LogP contribution in [0.4, 0.5) is 34.1 Å². The minimum absolute atomic E-state index is 0.326. The maximum atomic E-state index is 2.51. The maximum Gasteiger partial charge on any atom is 0.0543 e. The second-order valence-electron chi connectivity index (χ2n) is 18.3. The molecule has 8 aromatic carbocycles. The van der Waals surface area contributed by atoms with Gasteiger partial charge in [0.15, 0.2) is 0 Å². The highest BCUT2D eigenvalue weighted by atomic mass is 15.1. The SMILES string of the molecule is CCc1cc(N(c2ccc(C(C)C)cc2)c2ccc(C(C)C)cc2)c2ccc3c(C(C)C)cc(N(c4ccc(C(C)C)cc4)c4ccc(C(C)C)cc4)c4ccc1c2c34. The largest absolute Gasteiger partial charge is 0.310 e. The van der Waals surface area contributed by atoms with Crippen molar-refractivity contribution in [1.82, 2.24) is 0 Å². The van der Waals surface area contributed by atoms with E-state index in [1.54, 1.807) is 0 Å². The fraction of sp³-hybridized carbons (Fsp3) is 0.298. The Hall–Kier alpha value is -5.60. The summed E-state index contributed by atoms with van der Waals surface area (Å²) in [5.74, 6) is 2.19. The van der Waals surface area contributed by atoms with Crippen LogP contribution in [0.15, 0.2) is 133 Å². The van der Waals surface area contributed by atoms with Crippen molar-refractivity contribution < 1.29 is 0 Å². The average molecular weight is 775 g/mol. The molecule has 0 heterocycles. The predicted octanol–water partition coefficient (Wildman–Crippen LogP) is 17.7. The monoisotopic (exact) mass is 774 g/mol. The quantitative estimate of drug-likeness (QED) is 0.114. The highest BCUT2D eigenvalue weighted by molar-refractivity contribution is 6.29. The van der Waals surface area contributed by atoms with Crippen molar-refractivity contribution in [2.75, 3.05) is 9.80 Å². The first kappa shape index (κ1) is 40.2. The minimum Gasteiger partial charge on any atom is -0.310 e. The summed E-state index contributed by atoms with van der Waals surface area (Å²) in [5, 5.41) is 7.94. The number of benzene rings is 8. The van der Waals surface area contributed by atoms with Gasteiger partial charge in [-0.25, -0.2) is 0 Å². The van der Waals surface area contributed by atoms with E-state index in [0.717, 1.165) is 6.42 Å². The summed E-state index contributed by atoms with van der Waals surface area (Å²) in [7, 11) is 0. The molecule has 2 heteroatoms. The van der Waals surface area contributed by atoms with Crippen LogP contribution in [0.5, 0.6) is 0 Å². The zero-order chi connectivity index (χ0) is 41.7. The number of rotatable bonds is 12. The van der Waals surface area contributed by atoms with E-state index in [9.17, 15) is 0 Å². The molecule has 59 heavy (non-hydrogen) atoms. The summed E-state index contributed by atoms with van der Waals surface area (Å²) in [4.78, 5) is 5.01. The van der Waals surface area contributed by atoms with Gasteiger partial charge in [0.25, 0.3) is 0 Å². The van der Waals surface area contributed by atoms with Crippen LogP contribution in [0.2, 0.25) is 0 Å². The number of nitrogens with zero attached hydrogens (tertiary/aromatic N) is 2. The van der Waals surface area contributed by atoms with Gasteiger partial charge in [-0.15, -0.1) is 0 Å². The van der Waals surface area contributed by atoms with Gasteiger partial charge in [-0.3, -0.25) is 0 Å². The van der Waals surface area contributed by atoms with E-state index in [-0.39, 0.29) is 0 Å². The minimum atomic E-state index is 0.326. The van der Waals surface area contributed by atoms with Crippen molar-refractivity contribution in [2.45, 2.75) is 112 Å². The van der Waals surface area contributed by atoms with Crippen LogP contribution in [-0.2, 0) is 6.42 Å². The number of hydrogen-bond donors (Lipinski definition) is 0. The molecular weight excluding hydrogens is 713 g/mol. The van der Waals surface area contributed by atoms with E-state index in [0.29, 0.717) is 29.6 Å². The summed E-state index contributed by atoms with van der Waals surface area (Å²) < 4.78 is 0. The van der Waals surface area contributed by atoms with Gasteiger partial charge in [-0.05, 0) is 152 Å². The fourth-order valence-corrected chi connectivity index (χ4v) is 9.08. The third-order valence-corrected chi connectivity index (χ3v) is 12.7. The lowest BCUT2D eigenvalue weighted by atomic mass is 9.85. The predicted molar refractivity (Wildman–Crippen MR) is 259 cm³/mol. The zero-order valence-corrected chi connectivity index (χ0v) is 37.2. The molecule has 0 fully saturated rings. The Kier molecular flexibility index (Phi) is 11.0. The molecule has 0 bridgehead atoms. The molecular formula is C57H62N2. The van der Waals surface area contributed by atoms with E-state index in [1.807, 2.05) is 0 Å². The first-order chi connectivity index (χ1) is 28.4. The van der Waals surface area contributed by atoms with Crippen molar-refractivity contribution >= 4 is 66.4 Å². The molecule has 0 unspecified atom stereocenters. The lowest BCUT2D eigenvalue weighted by Gasteiger charge is -2.31. The first-order valence-corrected chi connectivity index (χ1v) is 22.1. The molecule has 8 aromatic rings. The van der Waals surface area contributed by atoms with Crippen molar-refractivity contribution in [3.8, 4) is 0 Å². The van der Waals surface area contributed by atoms with E-state index in [1.165, 1.54) is 99.8 Å². The van der Waals surface area contributed by atoms with Crippen molar-refractivity contribution in [2.24, 2.45) is 0 Å². The van der Waals surface area contributed by atoms with Gasteiger partial charge in [0.05, 0.1) is 11.4 Å². The van der Waals surface area contributed by atoms with Gasteiger partial charge in [-0.1, -0.05) is 149 Å². The molecule has 0 saturated carbocycles. The molecule has 8 rings (SSSR count). The summed E-state index contributed by atoms with van der Waals surface area (Å²) in [5.41, 5.74) is 15.3. The highest BCUT2D eigenvalue weighted by Crippen LogP contribution is 2.50. The maximum absolute atomic E-state index is 2.51. The van der Waals surface area contributed by atoms with E-state index < -0.39 is 0 Å². The van der Waals surface area contributed by atoms with Crippen LogP contribution in [0.25, 0.3) is 32.3 Å². The molecule has 0 atom stereocenters. The Morgan fingerprint density at radius 2 is 0.644 bits per heavy atom. The van der Waals surface area contributed by atoms with Crippen LogP contribution in [-0.4, -0.2) is 0 Å². The standard InChI is InChI=1S/C57H62N2/c1-12-40-33-54(58(45-21-13-41(14-22-45)35(2)3)46-23-15-42(16-24-46)36(4)5)51-32-30-50-53(39(10)11)34-55(52-31-29-49(40)56(51)57(50)52)59(47-25-17-43(18-26-47)37(6)7)48-27-19-44(20-28-48)38(8)9/h13-39H,12H2,1-11H3. The Bertz CT molecular complexity index is 2590. The summed E-state index contributed by atoms with van der Waals surface area (Å²) in [6.45, 7) is 25.2. The third-order valence-electron chi connectivity index (χ3n) is 12.7. The van der Waals surface area contributed by atoms with Gasteiger partial charge in [0, 0.05) is 33.5 Å². The van der Waals surface area contributed by atoms with E-state index in [4.69, 9.17) is 0 Å². The molecule has 0 aromatic heterocycles. The number of aryl methyl sites for hydroxylation is 1. The topological polar surface area (TPSA) is 6.48 Å². The zero-order valence-electron chi connectivity index (χ0n) is 37.2. The molecule has 0 amide bonds. The lowest BCUT2D eigenvalue weighted by molar-refractivity contribution is 0.865. The molecule has 0 spiro atoms. The molecule has 0 saturated heterocycles. The second-order valence-corrected chi connectivity index (χ2v) is 18.3. The van der Waals surface area contributed by atoms with Crippen molar-refractivity contribution in [3.05, 3.63) is 167 Å². The van der Waals surface area contributed by atoms with Gasteiger partial charge in [0.1, 0.15) is 0 Å². The number of anilines is 6. The molecule has 0 aliphatic rings. The Labute approximate surface area is 353 Å². The Morgan fingerprint density at radius 1 is 0.339 bits per heavy atom. The fourth-order valence-electron chi connectivity index (χ4n) is 9.08. The summed E-state index contributed by atoms with van der Waals surface area (Å²) in [6.07, 6.45) is 0.938. The Balaban J connectivity index is 1.45. The summed E-state index contributed by atoms with van der Waals surface area (Å²) in [6, 6.07) is 51.6. The van der Waals surface area contributed by atoms with Crippen LogP contribution in [0, 0.1) is 0 Å². The Morgan fingerprint density at radius 3 is 0.966 bits per heavy atom. The van der Waals surface area contributed by atoms with Gasteiger partial charge < -0.3 is 9.80 Å². The molecule has 2 nitrogen and oxygen atoms in total. The normalized spacial score (nSPS) is 12.1. The van der Waals surface area contributed by atoms with Crippen LogP contribution >= 0.6 is 0 Å². The highest BCUT2D eigenvalue weighted by Gasteiger charge is 2.25. The average Bonchev–Trinajstić information content (AvgIpc) is 3.24. The molecule has 0 N–H and O–H groups in total. The van der Waals surface area contributed by atoms with Crippen LogP contribution in [0.1, 0.15) is 139 Å². The van der Waals surface area contributed by atoms with Gasteiger partial charge >= 0.3 is 0 Å². The molecule has 0 radical (unpaired) electrons. The molecule has 0 aliphatic heterocycles. The number of hydrogen-bond acceptors (Lipinski definition) is 2. The van der Waals surface area contributed by atoms with Gasteiger partial charge in [0.2, 0.25) is 0 Å². The van der Waals surface area contributed by atoms with Crippen LogP contribution in [0.3, 0.4) is 0 Å². The summed E-state index contributed by atoms with van der Waals surface area (Å²) >= 11 is 0. The first-order valence-electron chi connectivity index (χ1n) is 22.1. The third kappa shape index (κ3) is 7.37. The van der Waals surface area contributed by atoms with Gasteiger partial charge in [-0.2, -0.15) is 0 Å². The van der Waals surface area contributed by atoms with Crippen molar-refractivity contribution in [1.29, 1.82) is 0 Å². The van der Waals surface area contributed by atoms with E-state index >= 15 is 0 Å². The molecule has 300 valence electrons. The van der Waals surface area contributed by atoms with Crippen LogP contribution < -0.4 is 9.80 Å². The second kappa shape index (κ2) is 16.2. The van der Waals surface area contributed by atoms with Crippen molar-refractivity contribution in [3.63, 3.8) is 0 Å².